The highest BCUT2D eigenvalue weighted by molar-refractivity contribution is 5.85. The second-order valence-corrected chi connectivity index (χ2v) is 6.85. The zero-order chi connectivity index (χ0) is 19.5. The molecule has 0 amide bonds. The van der Waals surface area contributed by atoms with E-state index in [1.165, 1.54) is 11.1 Å². The molecular weight excluding hydrogens is 390 g/mol. The van der Waals surface area contributed by atoms with Gasteiger partial charge in [-0.1, -0.05) is 29.4 Å². The van der Waals surface area contributed by atoms with E-state index in [9.17, 15) is 0 Å². The summed E-state index contributed by atoms with van der Waals surface area (Å²) in [5.74, 6) is 2.67. The van der Waals surface area contributed by atoms with E-state index in [2.05, 4.69) is 16.2 Å². The quantitative estimate of drug-likeness (QED) is 0.612. The van der Waals surface area contributed by atoms with Crippen molar-refractivity contribution in [1.29, 1.82) is 0 Å². The van der Waals surface area contributed by atoms with Crippen molar-refractivity contribution in [2.45, 2.75) is 39.2 Å². The van der Waals surface area contributed by atoms with Crippen molar-refractivity contribution in [3.63, 3.8) is 0 Å². The number of nitrogens with zero attached hydrogens (tertiary/aromatic N) is 2. The van der Waals surface area contributed by atoms with Gasteiger partial charge < -0.3 is 19.7 Å². The summed E-state index contributed by atoms with van der Waals surface area (Å²) in [6.07, 6.45) is 2.45. The van der Waals surface area contributed by atoms with Gasteiger partial charge in [0, 0.05) is 11.6 Å². The van der Waals surface area contributed by atoms with Crippen LogP contribution in [0.2, 0.25) is 0 Å². The molecule has 0 radical (unpaired) electrons. The Kier molecular flexibility index (Phi) is 6.77. The number of rotatable bonds is 7. The second kappa shape index (κ2) is 9.29. The molecular formula is C22H26ClN3O3. The Bertz CT molecular complexity index is 974. The summed E-state index contributed by atoms with van der Waals surface area (Å²) in [6, 6.07) is 12.1. The van der Waals surface area contributed by atoms with Crippen LogP contribution in [0.25, 0.3) is 11.4 Å². The molecule has 29 heavy (non-hydrogen) atoms. The topological polar surface area (TPSA) is 83.4 Å². The van der Waals surface area contributed by atoms with Gasteiger partial charge in [0.15, 0.2) is 11.5 Å². The molecule has 1 heterocycles. The van der Waals surface area contributed by atoms with Crippen molar-refractivity contribution in [2.24, 2.45) is 5.73 Å². The predicted octanol–water partition coefficient (Wildman–Crippen LogP) is 4.49. The van der Waals surface area contributed by atoms with Gasteiger partial charge in [-0.15, -0.1) is 12.4 Å². The fourth-order valence-electron chi connectivity index (χ4n) is 3.71. The number of halogens is 1. The van der Waals surface area contributed by atoms with Crippen LogP contribution in [0.1, 0.15) is 48.9 Å². The zero-order valence-electron chi connectivity index (χ0n) is 16.7. The zero-order valence-corrected chi connectivity index (χ0v) is 17.5. The SMILES string of the molecule is CCOc1ccc(Cc2nc(-c3cccc4c3CC[C@H]4N)no2)cc1OCC.Cl. The van der Waals surface area contributed by atoms with Gasteiger partial charge in [0.1, 0.15) is 0 Å². The van der Waals surface area contributed by atoms with Crippen LogP contribution < -0.4 is 15.2 Å². The van der Waals surface area contributed by atoms with Crippen LogP contribution in [0, 0.1) is 0 Å². The Balaban J connectivity index is 0.00000240. The minimum Gasteiger partial charge on any atom is -0.490 e. The molecule has 6 nitrogen and oxygen atoms in total. The number of aromatic nitrogens is 2. The normalized spacial score (nSPS) is 14.9. The van der Waals surface area contributed by atoms with E-state index < -0.39 is 0 Å². The summed E-state index contributed by atoms with van der Waals surface area (Å²) < 4.78 is 16.8. The highest BCUT2D eigenvalue weighted by Gasteiger charge is 2.24. The Hall–Kier alpha value is -2.57. The van der Waals surface area contributed by atoms with E-state index in [0.29, 0.717) is 31.3 Å². The lowest BCUT2D eigenvalue weighted by Gasteiger charge is -2.11. The fourth-order valence-corrected chi connectivity index (χ4v) is 3.71. The lowest BCUT2D eigenvalue weighted by Crippen LogP contribution is -2.05. The molecule has 0 bridgehead atoms. The highest BCUT2D eigenvalue weighted by atomic mass is 35.5. The lowest BCUT2D eigenvalue weighted by atomic mass is 10.0. The molecule has 0 saturated carbocycles. The third-order valence-electron chi connectivity index (χ3n) is 4.99. The van der Waals surface area contributed by atoms with Gasteiger partial charge in [-0.05, 0) is 55.5 Å². The molecule has 7 heteroatoms. The summed E-state index contributed by atoms with van der Waals surface area (Å²) in [5, 5.41) is 4.21. The molecule has 154 valence electrons. The summed E-state index contributed by atoms with van der Waals surface area (Å²) in [6.45, 7) is 5.08. The van der Waals surface area contributed by atoms with Gasteiger partial charge in [-0.2, -0.15) is 4.98 Å². The van der Waals surface area contributed by atoms with Gasteiger partial charge in [0.25, 0.3) is 0 Å². The van der Waals surface area contributed by atoms with Crippen molar-refractivity contribution in [3.8, 4) is 22.9 Å². The number of hydrogen-bond donors (Lipinski definition) is 1. The van der Waals surface area contributed by atoms with Gasteiger partial charge in [0.05, 0.1) is 19.6 Å². The average molecular weight is 416 g/mol. The average Bonchev–Trinajstić information content (AvgIpc) is 3.31. The van der Waals surface area contributed by atoms with E-state index in [0.717, 1.165) is 35.5 Å². The van der Waals surface area contributed by atoms with Crippen molar-refractivity contribution < 1.29 is 14.0 Å². The Morgan fingerprint density at radius 2 is 1.90 bits per heavy atom. The fraction of sp³-hybridized carbons (Fsp3) is 0.364. The second-order valence-electron chi connectivity index (χ2n) is 6.85. The Labute approximate surface area is 176 Å². The number of fused-ring (bicyclic) bond motifs is 1. The third-order valence-corrected chi connectivity index (χ3v) is 4.99. The molecule has 1 atom stereocenters. The van der Waals surface area contributed by atoms with Crippen molar-refractivity contribution in [2.75, 3.05) is 13.2 Å². The standard InChI is InChI=1S/C22H25N3O3.ClH/c1-3-26-19-11-8-14(12-20(19)27-4-2)13-21-24-22(25-28-21)17-7-5-6-16-15(17)9-10-18(16)23;/h5-8,11-12,18H,3-4,9-10,13,23H2,1-2H3;1H/t18-;/m1./s1. The minimum absolute atomic E-state index is 0. The summed E-state index contributed by atoms with van der Waals surface area (Å²) in [4.78, 5) is 4.62. The smallest absolute Gasteiger partial charge is 0.231 e. The maximum absolute atomic E-state index is 6.19. The van der Waals surface area contributed by atoms with Crippen molar-refractivity contribution in [3.05, 3.63) is 59.0 Å². The largest absolute Gasteiger partial charge is 0.490 e. The predicted molar refractivity (Wildman–Crippen MR) is 114 cm³/mol. The van der Waals surface area contributed by atoms with E-state index in [1.54, 1.807) is 0 Å². The van der Waals surface area contributed by atoms with Crippen LogP contribution in [-0.2, 0) is 12.8 Å². The third kappa shape index (κ3) is 4.38. The molecule has 4 rings (SSSR count). The molecule has 1 aliphatic rings. The first-order valence-corrected chi connectivity index (χ1v) is 9.78. The number of benzene rings is 2. The number of hydrogen-bond acceptors (Lipinski definition) is 6. The number of nitrogens with two attached hydrogens (primary N) is 1. The maximum Gasteiger partial charge on any atom is 0.231 e. The first kappa shape index (κ1) is 21.1. The van der Waals surface area contributed by atoms with Crippen molar-refractivity contribution in [1.82, 2.24) is 10.1 Å². The van der Waals surface area contributed by atoms with Gasteiger partial charge in [0.2, 0.25) is 11.7 Å². The molecule has 2 N–H and O–H groups in total. The first-order valence-electron chi connectivity index (χ1n) is 9.78. The molecule has 0 spiro atoms. The maximum atomic E-state index is 6.19. The molecule has 1 aliphatic carbocycles. The van der Waals surface area contributed by atoms with Crippen LogP contribution >= 0.6 is 12.4 Å². The first-order chi connectivity index (χ1) is 13.7. The lowest BCUT2D eigenvalue weighted by molar-refractivity contribution is 0.287. The van der Waals surface area contributed by atoms with E-state index >= 15 is 0 Å². The summed E-state index contributed by atoms with van der Waals surface area (Å²) in [7, 11) is 0. The summed E-state index contributed by atoms with van der Waals surface area (Å²) in [5.41, 5.74) is 10.7. The van der Waals surface area contributed by atoms with Gasteiger partial charge in [-0.25, -0.2) is 0 Å². The van der Waals surface area contributed by atoms with Crippen molar-refractivity contribution >= 4 is 12.4 Å². The van der Waals surface area contributed by atoms with Crippen LogP contribution in [0.15, 0.2) is 40.9 Å². The molecule has 0 saturated heterocycles. The van der Waals surface area contributed by atoms with Gasteiger partial charge >= 0.3 is 0 Å². The molecule has 0 fully saturated rings. The van der Waals surface area contributed by atoms with Crippen LogP contribution in [0.4, 0.5) is 0 Å². The molecule has 2 aromatic carbocycles. The van der Waals surface area contributed by atoms with E-state index in [-0.39, 0.29) is 18.4 Å². The highest BCUT2D eigenvalue weighted by Crippen LogP contribution is 2.35. The minimum atomic E-state index is 0. The molecule has 0 aliphatic heterocycles. The number of ether oxygens (including phenoxy) is 2. The van der Waals surface area contributed by atoms with Crippen LogP contribution in [0.5, 0.6) is 11.5 Å². The molecule has 3 aromatic rings. The van der Waals surface area contributed by atoms with E-state index in [1.807, 2.05) is 44.2 Å². The van der Waals surface area contributed by atoms with Gasteiger partial charge in [-0.3, -0.25) is 0 Å². The Morgan fingerprint density at radius 3 is 2.69 bits per heavy atom. The summed E-state index contributed by atoms with van der Waals surface area (Å²) >= 11 is 0. The Morgan fingerprint density at radius 1 is 1.10 bits per heavy atom. The molecule has 1 aromatic heterocycles. The van der Waals surface area contributed by atoms with Crippen LogP contribution in [-0.4, -0.2) is 23.4 Å². The monoisotopic (exact) mass is 415 g/mol. The van der Waals surface area contributed by atoms with E-state index in [4.69, 9.17) is 19.7 Å². The van der Waals surface area contributed by atoms with Crippen LogP contribution in [0.3, 0.4) is 0 Å². The molecule has 0 unspecified atom stereocenters.